The molecule has 2 N–H and O–H groups in total. The third-order valence-electron chi connectivity index (χ3n) is 6.84. The number of rotatable bonds is 8. The summed E-state index contributed by atoms with van der Waals surface area (Å²) in [6, 6.07) is 8.88. The quantitative estimate of drug-likeness (QED) is 0.321. The van der Waals surface area contributed by atoms with E-state index in [0.29, 0.717) is 48.7 Å². The van der Waals surface area contributed by atoms with E-state index in [9.17, 15) is 19.5 Å². The van der Waals surface area contributed by atoms with Crippen molar-refractivity contribution in [1.29, 1.82) is 0 Å². The second-order valence-corrected chi connectivity index (χ2v) is 8.87. The number of ketones is 2. The van der Waals surface area contributed by atoms with E-state index in [2.05, 4.69) is 0 Å². The lowest BCUT2D eigenvalue weighted by Gasteiger charge is -2.30. The van der Waals surface area contributed by atoms with Crippen molar-refractivity contribution in [2.75, 3.05) is 53.6 Å². The average molecular weight is 484 g/mol. The molecule has 186 valence electrons. The zero-order chi connectivity index (χ0) is 25.1. The molecule has 2 fully saturated rings. The molecule has 2 aliphatic rings. The number of nitrogens with one attached hydrogen (secondary N) is 1. The molecule has 0 aliphatic carbocycles. The lowest BCUT2D eigenvalue weighted by molar-refractivity contribution is -0.907. The number of morpholine rings is 1. The minimum Gasteiger partial charge on any atom is -0.504 e. The largest absolute Gasteiger partial charge is 0.504 e. The first-order valence-electron chi connectivity index (χ1n) is 11.7. The smallest absolute Gasteiger partial charge is 0.291 e. The van der Waals surface area contributed by atoms with Crippen LogP contribution in [-0.4, -0.2) is 81.1 Å². The first-order valence-corrected chi connectivity index (χ1v) is 11.7. The first-order chi connectivity index (χ1) is 16.8. The summed E-state index contributed by atoms with van der Waals surface area (Å²) < 4.78 is 15.9. The van der Waals surface area contributed by atoms with Crippen LogP contribution in [-0.2, 0) is 14.3 Å². The van der Waals surface area contributed by atoms with E-state index in [1.807, 2.05) is 0 Å². The van der Waals surface area contributed by atoms with Crippen LogP contribution in [0.1, 0.15) is 27.5 Å². The van der Waals surface area contributed by atoms with Crippen molar-refractivity contribution in [1.82, 2.24) is 4.90 Å². The van der Waals surface area contributed by atoms with Crippen LogP contribution in [0, 0.1) is 12.8 Å². The van der Waals surface area contributed by atoms with Crippen molar-refractivity contribution in [3.8, 4) is 17.2 Å². The number of aromatic hydroxyl groups is 1. The van der Waals surface area contributed by atoms with Crippen molar-refractivity contribution in [2.45, 2.75) is 13.0 Å². The van der Waals surface area contributed by atoms with Gasteiger partial charge in [-0.25, -0.2) is 0 Å². The molecule has 2 aliphatic heterocycles. The fourth-order valence-corrected chi connectivity index (χ4v) is 4.87. The topological polar surface area (TPSA) is 107 Å². The lowest BCUT2D eigenvalue weighted by atomic mass is 9.85. The van der Waals surface area contributed by atoms with Crippen LogP contribution >= 0.6 is 0 Å². The summed E-state index contributed by atoms with van der Waals surface area (Å²) in [5.41, 5.74) is 1.58. The summed E-state index contributed by atoms with van der Waals surface area (Å²) >= 11 is 0. The number of phenols is 1. The Labute approximate surface area is 204 Å². The number of amides is 1. The molecule has 2 atom stereocenters. The standard InChI is InChI=1S/C26H30N2O7/c1-16-14-18(33-2)5-6-19(16)24(30)22-23(17-4-7-20(29)21(15-17)34-3)28(26(32)25(22)31)9-8-27-10-12-35-13-11-27/h4-7,14-15,22-23,29H,8-13H2,1-3H3/p+1. The van der Waals surface area contributed by atoms with E-state index < -0.39 is 29.4 Å². The van der Waals surface area contributed by atoms with Crippen molar-refractivity contribution < 1.29 is 38.6 Å². The highest BCUT2D eigenvalue weighted by Gasteiger charge is 2.52. The van der Waals surface area contributed by atoms with Gasteiger partial charge in [0.25, 0.3) is 5.91 Å². The van der Waals surface area contributed by atoms with Gasteiger partial charge in [0.2, 0.25) is 5.78 Å². The highest BCUT2D eigenvalue weighted by Crippen LogP contribution is 2.41. The van der Waals surface area contributed by atoms with Crippen molar-refractivity contribution in [3.63, 3.8) is 0 Å². The predicted molar refractivity (Wildman–Crippen MR) is 126 cm³/mol. The second-order valence-electron chi connectivity index (χ2n) is 8.87. The molecule has 35 heavy (non-hydrogen) atoms. The van der Waals surface area contributed by atoms with Crippen LogP contribution in [0.25, 0.3) is 0 Å². The van der Waals surface area contributed by atoms with E-state index in [1.165, 1.54) is 30.1 Å². The zero-order valence-electron chi connectivity index (χ0n) is 20.2. The summed E-state index contributed by atoms with van der Waals surface area (Å²) in [5.74, 6) is -2.27. The number of quaternary nitrogens is 1. The number of phenolic OH excluding ortho intramolecular Hbond substituents is 1. The maximum absolute atomic E-state index is 13.7. The Morgan fingerprint density at radius 3 is 2.51 bits per heavy atom. The van der Waals surface area contributed by atoms with Crippen LogP contribution in [0.15, 0.2) is 36.4 Å². The van der Waals surface area contributed by atoms with Crippen LogP contribution in [0.5, 0.6) is 17.2 Å². The van der Waals surface area contributed by atoms with Gasteiger partial charge in [0.15, 0.2) is 17.3 Å². The van der Waals surface area contributed by atoms with Gasteiger partial charge in [-0.05, 0) is 48.4 Å². The molecule has 2 aromatic carbocycles. The molecule has 1 amide bonds. The third-order valence-corrected chi connectivity index (χ3v) is 6.84. The van der Waals surface area contributed by atoms with Gasteiger partial charge in [-0.15, -0.1) is 0 Å². The van der Waals surface area contributed by atoms with Gasteiger partial charge < -0.3 is 29.1 Å². The average Bonchev–Trinajstić information content (AvgIpc) is 3.12. The van der Waals surface area contributed by atoms with Gasteiger partial charge in [-0.1, -0.05) is 6.07 Å². The number of carbonyl (C=O) groups is 3. The number of likely N-dealkylation sites (tertiary alicyclic amines) is 1. The Hall–Kier alpha value is -3.43. The summed E-state index contributed by atoms with van der Waals surface area (Å²) in [5, 5.41) is 10.1. The molecule has 2 saturated heterocycles. The number of carbonyl (C=O) groups excluding carboxylic acids is 3. The molecule has 0 bridgehead atoms. The van der Waals surface area contributed by atoms with Crippen LogP contribution < -0.4 is 14.4 Å². The number of ether oxygens (including phenoxy) is 3. The van der Waals surface area contributed by atoms with Crippen molar-refractivity contribution in [2.24, 2.45) is 5.92 Å². The fraction of sp³-hybridized carbons (Fsp3) is 0.423. The predicted octanol–water partition coefficient (Wildman–Crippen LogP) is 0.584. The van der Waals surface area contributed by atoms with Crippen LogP contribution in [0.3, 0.4) is 0 Å². The monoisotopic (exact) mass is 483 g/mol. The lowest BCUT2D eigenvalue weighted by Crippen LogP contribution is -3.14. The number of Topliss-reactive ketones (excluding diaryl/α,β-unsaturated/α-hetero) is 2. The van der Waals surface area contributed by atoms with Crippen LogP contribution in [0.4, 0.5) is 0 Å². The number of methoxy groups -OCH3 is 2. The van der Waals surface area contributed by atoms with E-state index in [1.54, 1.807) is 37.3 Å². The Morgan fingerprint density at radius 2 is 1.86 bits per heavy atom. The molecular weight excluding hydrogens is 452 g/mol. The minimum atomic E-state index is -1.21. The first kappa shape index (κ1) is 24.7. The summed E-state index contributed by atoms with van der Waals surface area (Å²) in [6.45, 7) is 5.67. The molecule has 9 nitrogen and oxygen atoms in total. The Bertz CT molecular complexity index is 1130. The number of nitrogens with zero attached hydrogens (tertiary/aromatic N) is 1. The Balaban J connectivity index is 1.72. The van der Waals surface area contributed by atoms with Gasteiger partial charge in [0.05, 0.1) is 46.6 Å². The van der Waals surface area contributed by atoms with Crippen molar-refractivity contribution in [3.05, 3.63) is 53.1 Å². The Kier molecular flexibility index (Phi) is 7.37. The maximum Gasteiger partial charge on any atom is 0.291 e. The van der Waals surface area contributed by atoms with E-state index >= 15 is 0 Å². The fourth-order valence-electron chi connectivity index (χ4n) is 4.87. The molecule has 9 heteroatoms. The summed E-state index contributed by atoms with van der Waals surface area (Å²) in [4.78, 5) is 43.0. The SMILES string of the molecule is COc1ccc(C(=O)C2C(=O)C(=O)N(CC[NH+]3CCOCC3)C2c2ccc(O)c(OC)c2)c(C)c1. The second kappa shape index (κ2) is 10.5. The summed E-state index contributed by atoms with van der Waals surface area (Å²) in [7, 11) is 2.96. The highest BCUT2D eigenvalue weighted by molar-refractivity contribution is 6.44. The maximum atomic E-state index is 13.7. The van der Waals surface area contributed by atoms with Gasteiger partial charge in [0.1, 0.15) is 24.8 Å². The molecule has 4 rings (SSSR count). The van der Waals surface area contributed by atoms with E-state index in [-0.39, 0.29) is 11.5 Å². The normalized spacial score (nSPS) is 20.8. The molecule has 0 saturated carbocycles. The van der Waals surface area contributed by atoms with Gasteiger partial charge >= 0.3 is 0 Å². The van der Waals surface area contributed by atoms with Gasteiger partial charge in [-0.2, -0.15) is 0 Å². The molecule has 2 heterocycles. The molecular formula is C26H31N2O7+. The number of hydrogen-bond acceptors (Lipinski definition) is 7. The van der Waals surface area contributed by atoms with Crippen LogP contribution in [0.2, 0.25) is 0 Å². The molecule has 0 spiro atoms. The van der Waals surface area contributed by atoms with E-state index in [4.69, 9.17) is 14.2 Å². The number of benzene rings is 2. The minimum absolute atomic E-state index is 0.0647. The number of hydrogen-bond donors (Lipinski definition) is 2. The molecule has 2 unspecified atom stereocenters. The Morgan fingerprint density at radius 1 is 1.11 bits per heavy atom. The summed E-state index contributed by atoms with van der Waals surface area (Å²) in [6.07, 6.45) is 0. The highest BCUT2D eigenvalue weighted by atomic mass is 16.5. The molecule has 2 aromatic rings. The van der Waals surface area contributed by atoms with Gasteiger partial charge in [0, 0.05) is 5.56 Å². The van der Waals surface area contributed by atoms with E-state index in [0.717, 1.165) is 13.1 Å². The zero-order valence-corrected chi connectivity index (χ0v) is 20.2. The third kappa shape index (κ3) is 4.87. The number of aryl methyl sites for hydroxylation is 1. The molecule has 0 radical (unpaired) electrons. The van der Waals surface area contributed by atoms with Crippen molar-refractivity contribution >= 4 is 17.5 Å². The van der Waals surface area contributed by atoms with Gasteiger partial charge in [-0.3, -0.25) is 14.4 Å². The molecule has 0 aromatic heterocycles.